The quantitative estimate of drug-likeness (QED) is 0.577. The van der Waals surface area contributed by atoms with Gasteiger partial charge in [-0.05, 0) is 46.6 Å². The number of carbonyl (C=O) groups is 2. The molecule has 1 aliphatic heterocycles. The maximum Gasteiger partial charge on any atom is 0.410 e. The third-order valence-corrected chi connectivity index (χ3v) is 4.77. The van der Waals surface area contributed by atoms with Gasteiger partial charge in [-0.25, -0.2) is 14.8 Å². The van der Waals surface area contributed by atoms with Crippen LogP contribution < -0.4 is 11.1 Å². The van der Waals surface area contributed by atoms with Gasteiger partial charge in [-0.2, -0.15) is 4.99 Å². The summed E-state index contributed by atoms with van der Waals surface area (Å²) in [6.45, 7) is 8.26. The first-order valence-electron chi connectivity index (χ1n) is 9.99. The van der Waals surface area contributed by atoms with Gasteiger partial charge in [0.1, 0.15) is 5.60 Å². The number of benzene rings is 1. The van der Waals surface area contributed by atoms with Crippen LogP contribution in [0.1, 0.15) is 39.3 Å². The highest BCUT2D eigenvalue weighted by Crippen LogP contribution is 2.20. The van der Waals surface area contributed by atoms with Crippen LogP contribution in [0.15, 0.2) is 29.3 Å². The van der Waals surface area contributed by atoms with Gasteiger partial charge in [0.05, 0.1) is 11.2 Å². The molecule has 1 saturated heterocycles. The zero-order valence-corrected chi connectivity index (χ0v) is 17.8. The summed E-state index contributed by atoms with van der Waals surface area (Å²) in [6.07, 6.45) is 0.708. The Morgan fingerprint density at radius 1 is 1.20 bits per heavy atom. The summed E-state index contributed by atoms with van der Waals surface area (Å²) in [5, 5.41) is 3.56. The van der Waals surface area contributed by atoms with Crippen LogP contribution in [0.25, 0.3) is 10.9 Å². The first-order valence-corrected chi connectivity index (χ1v) is 9.99. The van der Waals surface area contributed by atoms with E-state index in [-0.39, 0.29) is 29.8 Å². The predicted octanol–water partition coefficient (Wildman–Crippen LogP) is 2.65. The molecule has 0 saturated carbocycles. The molecule has 3 rings (SSSR count). The highest BCUT2D eigenvalue weighted by atomic mass is 16.6. The number of rotatable bonds is 2. The number of aliphatic imine (C=N–C) groups is 1. The van der Waals surface area contributed by atoms with Crippen molar-refractivity contribution in [3.63, 3.8) is 0 Å². The largest absolute Gasteiger partial charge is 0.444 e. The molecule has 0 radical (unpaired) electrons. The third kappa shape index (κ3) is 5.43. The van der Waals surface area contributed by atoms with Crippen LogP contribution in [0.5, 0.6) is 0 Å². The number of ether oxygens (including phenoxy) is 1. The second-order valence-electron chi connectivity index (χ2n) is 8.35. The smallest absolute Gasteiger partial charge is 0.410 e. The maximum absolute atomic E-state index is 12.5. The number of para-hydroxylation sites is 1. The molecule has 0 aliphatic carbocycles. The van der Waals surface area contributed by atoms with Crippen LogP contribution in [0.4, 0.5) is 10.7 Å². The van der Waals surface area contributed by atoms with Gasteiger partial charge >= 0.3 is 6.09 Å². The van der Waals surface area contributed by atoms with Gasteiger partial charge in [0, 0.05) is 24.4 Å². The van der Waals surface area contributed by atoms with Crippen molar-refractivity contribution in [1.29, 1.82) is 0 Å². The minimum Gasteiger partial charge on any atom is -0.444 e. The number of amides is 2. The molecule has 9 nitrogen and oxygen atoms in total. The lowest BCUT2D eigenvalue weighted by molar-refractivity contribution is -0.125. The summed E-state index contributed by atoms with van der Waals surface area (Å²) in [6, 6.07) is 7.62. The Morgan fingerprint density at radius 2 is 1.87 bits per heavy atom. The molecule has 0 unspecified atom stereocenters. The summed E-state index contributed by atoms with van der Waals surface area (Å²) in [7, 11) is 0. The summed E-state index contributed by atoms with van der Waals surface area (Å²) < 4.78 is 5.38. The molecule has 9 heteroatoms. The van der Waals surface area contributed by atoms with Crippen molar-refractivity contribution in [2.45, 2.75) is 46.1 Å². The molecule has 3 N–H and O–H groups in total. The number of piperidine rings is 1. The number of nitrogens with one attached hydrogen (secondary N) is 1. The standard InChI is InChI=1S/C21H28N6O3/c1-13-15-7-5-6-8-16(15)24-19(23-13)26-18(22)25-17(28)14-9-11-27(12-10-14)20(29)30-21(2,3)4/h5-8,14H,9-12H2,1-4H3,(H3,22,23,24,25,26,28). The minimum absolute atomic E-state index is 0.0516. The SMILES string of the molecule is Cc1nc(/N=C(\N)NC(=O)C2CCN(C(=O)OC(C)(C)C)CC2)nc2ccccc12. The molecule has 0 spiro atoms. The van der Waals surface area contributed by atoms with Gasteiger partial charge in [0.25, 0.3) is 5.95 Å². The van der Waals surface area contributed by atoms with Gasteiger partial charge in [0.2, 0.25) is 11.9 Å². The second kappa shape index (κ2) is 8.64. The van der Waals surface area contributed by atoms with Crippen LogP contribution in [0.2, 0.25) is 0 Å². The number of hydrogen-bond donors (Lipinski definition) is 2. The van der Waals surface area contributed by atoms with E-state index in [1.54, 1.807) is 4.90 Å². The van der Waals surface area contributed by atoms with Crippen molar-refractivity contribution in [1.82, 2.24) is 20.2 Å². The number of fused-ring (bicyclic) bond motifs is 1. The molecule has 2 heterocycles. The fourth-order valence-corrected chi connectivity index (χ4v) is 3.28. The highest BCUT2D eigenvalue weighted by Gasteiger charge is 2.30. The van der Waals surface area contributed by atoms with E-state index in [1.165, 1.54) is 0 Å². The number of aryl methyl sites for hydroxylation is 1. The zero-order valence-electron chi connectivity index (χ0n) is 17.8. The van der Waals surface area contributed by atoms with Gasteiger partial charge in [-0.15, -0.1) is 0 Å². The molecule has 30 heavy (non-hydrogen) atoms. The third-order valence-electron chi connectivity index (χ3n) is 4.77. The Morgan fingerprint density at radius 3 is 2.53 bits per heavy atom. The first kappa shape index (κ1) is 21.5. The lowest BCUT2D eigenvalue weighted by atomic mass is 9.96. The number of nitrogens with zero attached hydrogens (tertiary/aromatic N) is 4. The molecule has 1 aromatic carbocycles. The average molecular weight is 412 g/mol. The van der Waals surface area contributed by atoms with Crippen molar-refractivity contribution in [2.75, 3.05) is 13.1 Å². The fraction of sp³-hybridized carbons (Fsp3) is 0.476. The summed E-state index contributed by atoms with van der Waals surface area (Å²) in [4.78, 5) is 39.1. The van der Waals surface area contributed by atoms with Crippen molar-refractivity contribution < 1.29 is 14.3 Å². The molecular formula is C21H28N6O3. The van der Waals surface area contributed by atoms with Crippen molar-refractivity contribution >= 4 is 34.8 Å². The van der Waals surface area contributed by atoms with Crippen molar-refractivity contribution in [3.05, 3.63) is 30.0 Å². The number of nitrogens with two attached hydrogens (primary N) is 1. The van der Waals surface area contributed by atoms with E-state index in [0.717, 1.165) is 16.6 Å². The summed E-state index contributed by atoms with van der Waals surface area (Å²) in [5.41, 5.74) is 6.91. The van der Waals surface area contributed by atoms with E-state index < -0.39 is 5.60 Å². The van der Waals surface area contributed by atoms with Gasteiger partial charge in [-0.1, -0.05) is 18.2 Å². The summed E-state index contributed by atoms with van der Waals surface area (Å²) >= 11 is 0. The first-order chi connectivity index (χ1) is 14.1. The van der Waals surface area contributed by atoms with Gasteiger partial charge in [0.15, 0.2) is 0 Å². The van der Waals surface area contributed by atoms with Crippen LogP contribution in [-0.4, -0.2) is 51.5 Å². The number of hydrogen-bond acceptors (Lipinski definition) is 6. The highest BCUT2D eigenvalue weighted by molar-refractivity contribution is 5.98. The molecule has 1 aliphatic rings. The van der Waals surface area contributed by atoms with E-state index in [1.807, 2.05) is 52.0 Å². The summed E-state index contributed by atoms with van der Waals surface area (Å²) in [5.74, 6) is -0.331. The molecule has 0 bridgehead atoms. The number of aromatic nitrogens is 2. The Hall–Kier alpha value is -3.23. The van der Waals surface area contributed by atoms with Crippen LogP contribution in [-0.2, 0) is 9.53 Å². The normalized spacial score (nSPS) is 15.9. The van der Waals surface area contributed by atoms with Gasteiger partial charge < -0.3 is 15.4 Å². The minimum atomic E-state index is -0.542. The topological polar surface area (TPSA) is 123 Å². The van der Waals surface area contributed by atoms with E-state index in [0.29, 0.717) is 25.9 Å². The molecular weight excluding hydrogens is 384 g/mol. The molecule has 2 aromatic rings. The van der Waals surface area contributed by atoms with Crippen molar-refractivity contribution in [2.24, 2.45) is 16.6 Å². The van der Waals surface area contributed by atoms with Crippen LogP contribution in [0.3, 0.4) is 0 Å². The maximum atomic E-state index is 12.5. The monoisotopic (exact) mass is 412 g/mol. The van der Waals surface area contributed by atoms with E-state index >= 15 is 0 Å². The van der Waals surface area contributed by atoms with E-state index in [2.05, 4.69) is 20.3 Å². The molecule has 0 atom stereocenters. The number of carbonyl (C=O) groups excluding carboxylic acids is 2. The molecule has 1 aromatic heterocycles. The number of likely N-dealkylation sites (tertiary alicyclic amines) is 1. The molecule has 1 fully saturated rings. The second-order valence-corrected chi connectivity index (χ2v) is 8.35. The fourth-order valence-electron chi connectivity index (χ4n) is 3.28. The zero-order chi connectivity index (χ0) is 21.9. The predicted molar refractivity (Wildman–Crippen MR) is 114 cm³/mol. The Kier molecular flexibility index (Phi) is 6.19. The Labute approximate surface area is 175 Å². The van der Waals surface area contributed by atoms with Crippen LogP contribution >= 0.6 is 0 Å². The lowest BCUT2D eigenvalue weighted by Gasteiger charge is -2.32. The Balaban J connectivity index is 1.58. The van der Waals surface area contributed by atoms with Gasteiger partial charge in [-0.3, -0.25) is 10.1 Å². The van der Waals surface area contributed by atoms with E-state index in [9.17, 15) is 9.59 Å². The molecule has 160 valence electrons. The molecule has 2 amide bonds. The van der Waals surface area contributed by atoms with E-state index in [4.69, 9.17) is 10.5 Å². The average Bonchev–Trinajstić information content (AvgIpc) is 2.66. The Bertz CT molecular complexity index is 974. The number of guanidine groups is 1. The lowest BCUT2D eigenvalue weighted by Crippen LogP contribution is -2.47. The van der Waals surface area contributed by atoms with Crippen molar-refractivity contribution in [3.8, 4) is 0 Å². The van der Waals surface area contributed by atoms with Crippen LogP contribution in [0, 0.1) is 12.8 Å².